The zero-order chi connectivity index (χ0) is 32.3. The minimum absolute atomic E-state index is 0.0882. The van der Waals surface area contributed by atoms with Gasteiger partial charge in [0.05, 0.1) is 15.7 Å². The van der Waals surface area contributed by atoms with Crippen LogP contribution in [0, 0.1) is 5.92 Å². The van der Waals surface area contributed by atoms with Gasteiger partial charge in [-0.05, 0) is 77.5 Å². The van der Waals surface area contributed by atoms with E-state index < -0.39 is 63.2 Å². The Labute approximate surface area is 267 Å². The number of benzene rings is 1. The maximum absolute atomic E-state index is 13.7. The van der Waals surface area contributed by atoms with Crippen molar-refractivity contribution in [2.45, 2.75) is 95.4 Å². The molecule has 2 heterocycles. The summed E-state index contributed by atoms with van der Waals surface area (Å²) in [5.41, 5.74) is -2.19. The highest BCUT2D eigenvalue weighted by Gasteiger charge is 2.61. The van der Waals surface area contributed by atoms with E-state index in [0.717, 1.165) is 12.8 Å². The fourth-order valence-electron chi connectivity index (χ4n) is 5.50. The second kappa shape index (κ2) is 13.5. The highest BCUT2D eigenvalue weighted by molar-refractivity contribution is 7.91. The summed E-state index contributed by atoms with van der Waals surface area (Å²) in [5.74, 6) is -2.31. The van der Waals surface area contributed by atoms with E-state index in [0.29, 0.717) is 38.6 Å². The number of rotatable bonds is 5. The molecule has 242 valence electrons. The Bertz CT molecular complexity index is 1430. The van der Waals surface area contributed by atoms with Gasteiger partial charge in [-0.1, -0.05) is 48.2 Å². The Morgan fingerprint density at radius 2 is 1.82 bits per heavy atom. The molecule has 4 atom stereocenters. The summed E-state index contributed by atoms with van der Waals surface area (Å²) >= 11 is 11.9. The second-order valence-corrected chi connectivity index (χ2v) is 14.6. The van der Waals surface area contributed by atoms with Gasteiger partial charge in [0.15, 0.2) is 0 Å². The lowest BCUT2D eigenvalue weighted by Crippen LogP contribution is -2.58. The largest absolute Gasteiger partial charge is 0.444 e. The third-order valence-electron chi connectivity index (χ3n) is 7.72. The maximum atomic E-state index is 13.7. The number of hydrogen-bond acceptors (Lipinski definition) is 7. The number of hydrogen-bond donors (Lipinski definition) is 4. The number of halogens is 2. The number of carbonyl (C=O) groups is 4. The molecule has 2 fully saturated rings. The van der Waals surface area contributed by atoms with Crippen molar-refractivity contribution in [1.82, 2.24) is 20.3 Å². The van der Waals surface area contributed by atoms with Crippen molar-refractivity contribution < 1.29 is 32.3 Å². The lowest BCUT2D eigenvalue weighted by atomic mass is 10.0. The molecule has 0 radical (unpaired) electrons. The molecule has 0 spiro atoms. The molecular weight excluding hydrogens is 633 g/mol. The predicted octanol–water partition coefficient (Wildman–Crippen LogP) is 4.05. The number of fused-ring (bicyclic) bond motifs is 2. The summed E-state index contributed by atoms with van der Waals surface area (Å²) in [6.45, 7) is 5.48. The van der Waals surface area contributed by atoms with Gasteiger partial charge < -0.3 is 20.3 Å². The van der Waals surface area contributed by atoms with Crippen LogP contribution in [-0.2, 0) is 29.3 Å². The molecule has 12 nitrogen and oxygen atoms in total. The van der Waals surface area contributed by atoms with Crippen LogP contribution in [0.2, 0.25) is 10.0 Å². The molecule has 1 saturated heterocycles. The van der Waals surface area contributed by atoms with E-state index in [1.807, 2.05) is 16.9 Å². The van der Waals surface area contributed by atoms with Crippen molar-refractivity contribution in [3.8, 4) is 0 Å². The highest BCUT2D eigenvalue weighted by atomic mass is 35.5. The Balaban J connectivity index is 1.53. The molecule has 44 heavy (non-hydrogen) atoms. The lowest BCUT2D eigenvalue weighted by Gasteiger charge is -2.30. The smallest absolute Gasteiger partial charge is 0.408 e. The van der Waals surface area contributed by atoms with Gasteiger partial charge in [0.1, 0.15) is 23.2 Å². The molecule has 4 N–H and O–H groups in total. The van der Waals surface area contributed by atoms with Gasteiger partial charge in [-0.25, -0.2) is 9.52 Å². The van der Waals surface area contributed by atoms with Crippen molar-refractivity contribution in [3.05, 3.63) is 40.4 Å². The van der Waals surface area contributed by atoms with Crippen LogP contribution in [0.15, 0.2) is 30.4 Å². The van der Waals surface area contributed by atoms with Gasteiger partial charge in [0.2, 0.25) is 11.8 Å². The normalized spacial score (nSPS) is 27.0. The van der Waals surface area contributed by atoms with Gasteiger partial charge in [-0.15, -0.1) is 0 Å². The zero-order valence-corrected chi connectivity index (χ0v) is 27.3. The van der Waals surface area contributed by atoms with E-state index in [2.05, 4.69) is 15.4 Å². The first-order valence-electron chi connectivity index (χ1n) is 14.7. The van der Waals surface area contributed by atoms with Gasteiger partial charge in [-0.3, -0.25) is 19.1 Å². The van der Waals surface area contributed by atoms with Crippen molar-refractivity contribution >= 4 is 62.9 Å². The minimum atomic E-state index is -4.41. The van der Waals surface area contributed by atoms with Gasteiger partial charge in [-0.2, -0.15) is 8.42 Å². The summed E-state index contributed by atoms with van der Waals surface area (Å²) < 4.78 is 35.4. The van der Waals surface area contributed by atoms with Crippen LogP contribution in [0.5, 0.6) is 0 Å². The molecule has 2 aliphatic heterocycles. The van der Waals surface area contributed by atoms with E-state index in [1.54, 1.807) is 20.8 Å². The van der Waals surface area contributed by atoms with Crippen LogP contribution in [-0.4, -0.2) is 66.9 Å². The Morgan fingerprint density at radius 1 is 1.07 bits per heavy atom. The van der Waals surface area contributed by atoms with Crippen LogP contribution in [0.1, 0.15) is 72.1 Å². The molecule has 4 rings (SSSR count). The van der Waals surface area contributed by atoms with Crippen molar-refractivity contribution in [1.29, 1.82) is 0 Å². The molecule has 3 aliphatic rings. The van der Waals surface area contributed by atoms with Crippen LogP contribution < -0.4 is 20.1 Å². The third-order valence-corrected chi connectivity index (χ3v) is 9.42. The summed E-state index contributed by atoms with van der Waals surface area (Å²) in [4.78, 5) is 54.9. The Morgan fingerprint density at radius 3 is 2.52 bits per heavy atom. The average Bonchev–Trinajstić information content (AvgIpc) is 3.37. The molecule has 0 bridgehead atoms. The molecule has 0 unspecified atom stereocenters. The number of anilines is 1. The van der Waals surface area contributed by atoms with Crippen LogP contribution >= 0.6 is 23.2 Å². The van der Waals surface area contributed by atoms with E-state index in [4.69, 9.17) is 27.9 Å². The standard InChI is InChI=1S/C29H39Cl2N5O7S/c1-28(2,3)43-27(40)32-22-11-8-6-4-5-7-10-18-17-29(18,33-24(37)23-12-9-15-36(23)25(22)38)26(39)35-44(41,42)34-19-13-14-20(30)21(31)16-19/h7,10,13-14,16,18,22-23,34H,4-6,8-9,11-12,15,17H2,1-3H3,(H,32,40)(H,33,37)(H,35,39)/b10-7-/t18-,22-,23-,29+/m0/s1. The van der Waals surface area contributed by atoms with Gasteiger partial charge in [0, 0.05) is 12.5 Å². The van der Waals surface area contributed by atoms with Gasteiger partial charge >= 0.3 is 16.3 Å². The molecule has 4 amide bonds. The summed E-state index contributed by atoms with van der Waals surface area (Å²) in [6.07, 6.45) is 7.44. The minimum Gasteiger partial charge on any atom is -0.444 e. The second-order valence-electron chi connectivity index (χ2n) is 12.4. The first kappa shape index (κ1) is 33.9. The van der Waals surface area contributed by atoms with E-state index in [-0.39, 0.29) is 22.2 Å². The predicted molar refractivity (Wildman–Crippen MR) is 166 cm³/mol. The molecule has 1 aromatic rings. The number of amides is 4. The topological polar surface area (TPSA) is 163 Å². The fraction of sp³-hybridized carbons (Fsp3) is 0.586. The number of nitrogens with one attached hydrogen (secondary N) is 4. The number of carbonyl (C=O) groups excluding carboxylic acids is 4. The molecule has 1 aromatic carbocycles. The van der Waals surface area contributed by atoms with Crippen LogP contribution in [0.4, 0.5) is 10.5 Å². The maximum Gasteiger partial charge on any atom is 0.408 e. The zero-order valence-electron chi connectivity index (χ0n) is 25.0. The quantitative estimate of drug-likeness (QED) is 0.343. The number of ether oxygens (including phenoxy) is 1. The summed E-state index contributed by atoms with van der Waals surface area (Å²) in [6, 6.07) is 2.32. The van der Waals surface area contributed by atoms with E-state index in [1.165, 1.54) is 23.1 Å². The fourth-order valence-corrected chi connectivity index (χ4v) is 6.71. The molecular formula is C29H39Cl2N5O7S. The number of alkyl carbamates (subject to hydrolysis) is 1. The van der Waals surface area contributed by atoms with Crippen molar-refractivity contribution in [2.24, 2.45) is 5.92 Å². The average molecular weight is 673 g/mol. The SMILES string of the molecule is CC(C)(C)OC(=O)N[C@H]1CCCCC/C=C\[C@H]2C[C@@]2(C(=O)NS(=O)(=O)Nc2ccc(Cl)c(Cl)c2)NC(=O)[C@@H]2CCCN2C1=O. The van der Waals surface area contributed by atoms with Crippen molar-refractivity contribution in [3.63, 3.8) is 0 Å². The van der Waals surface area contributed by atoms with E-state index in [9.17, 15) is 27.6 Å². The lowest BCUT2D eigenvalue weighted by molar-refractivity contribution is -0.141. The molecule has 15 heteroatoms. The molecule has 1 aliphatic carbocycles. The highest BCUT2D eigenvalue weighted by Crippen LogP contribution is 2.45. The summed E-state index contributed by atoms with van der Waals surface area (Å²) in [5, 5.41) is 5.82. The van der Waals surface area contributed by atoms with Crippen molar-refractivity contribution in [2.75, 3.05) is 11.3 Å². The first-order chi connectivity index (χ1) is 20.6. The first-order valence-corrected chi connectivity index (χ1v) is 16.9. The number of allylic oxidation sites excluding steroid dienone is 1. The van der Waals surface area contributed by atoms with Crippen LogP contribution in [0.25, 0.3) is 0 Å². The van der Waals surface area contributed by atoms with Gasteiger partial charge in [0.25, 0.3) is 5.91 Å². The number of nitrogens with zero attached hydrogens (tertiary/aromatic N) is 1. The Kier molecular flexibility index (Phi) is 10.4. The molecule has 1 saturated carbocycles. The van der Waals surface area contributed by atoms with E-state index >= 15 is 0 Å². The Hall–Kier alpha value is -3.03. The molecule has 0 aromatic heterocycles. The monoisotopic (exact) mass is 671 g/mol. The summed E-state index contributed by atoms with van der Waals surface area (Å²) in [7, 11) is -4.41. The van der Waals surface area contributed by atoms with Crippen LogP contribution in [0.3, 0.4) is 0 Å². The third kappa shape index (κ3) is 8.57.